The summed E-state index contributed by atoms with van der Waals surface area (Å²) in [7, 11) is 0. The number of Topliss-reactive ketones (excluding diaryl/α,β-unsaturated/α-hetero) is 1. The first-order valence-corrected chi connectivity index (χ1v) is 10.2. The van der Waals surface area contributed by atoms with Gasteiger partial charge in [0.1, 0.15) is 24.0 Å². The quantitative estimate of drug-likeness (QED) is 0.294. The van der Waals surface area contributed by atoms with Gasteiger partial charge in [0, 0.05) is 19.4 Å². The first kappa shape index (κ1) is 24.1. The summed E-state index contributed by atoms with van der Waals surface area (Å²) < 4.78 is 10.7. The number of esters is 1. The van der Waals surface area contributed by atoms with Gasteiger partial charge in [-0.15, -0.1) is 0 Å². The summed E-state index contributed by atoms with van der Waals surface area (Å²) in [5.74, 6) is -0.683. The van der Waals surface area contributed by atoms with Crippen molar-refractivity contribution in [2.24, 2.45) is 4.99 Å². The lowest BCUT2D eigenvalue weighted by atomic mass is 10.1. The van der Waals surface area contributed by atoms with Crippen LogP contribution in [0, 0.1) is 0 Å². The van der Waals surface area contributed by atoms with E-state index in [0.717, 1.165) is 0 Å². The highest BCUT2D eigenvalue weighted by Crippen LogP contribution is 2.18. The van der Waals surface area contributed by atoms with Gasteiger partial charge in [-0.05, 0) is 61.0 Å². The number of rotatable bonds is 8. The zero-order valence-corrected chi connectivity index (χ0v) is 18.7. The molecule has 3 rings (SSSR count). The molecule has 0 aliphatic heterocycles. The van der Waals surface area contributed by atoms with E-state index in [9.17, 15) is 19.2 Å². The van der Waals surface area contributed by atoms with E-state index in [1.54, 1.807) is 30.3 Å². The molecule has 174 valence electrons. The van der Waals surface area contributed by atoms with Crippen molar-refractivity contribution in [1.82, 2.24) is 4.98 Å². The van der Waals surface area contributed by atoms with Crippen molar-refractivity contribution in [3.63, 3.8) is 0 Å². The molecule has 2 aromatic heterocycles. The van der Waals surface area contributed by atoms with Gasteiger partial charge < -0.3 is 19.8 Å². The molecule has 34 heavy (non-hydrogen) atoms. The summed E-state index contributed by atoms with van der Waals surface area (Å²) >= 11 is 0. The molecular weight excluding hydrogens is 440 g/mol. The molecule has 0 radical (unpaired) electrons. The second-order valence-corrected chi connectivity index (χ2v) is 7.25. The van der Waals surface area contributed by atoms with Gasteiger partial charge in [0.15, 0.2) is 5.78 Å². The number of nitrogens with zero attached hydrogens (tertiary/aromatic N) is 2. The van der Waals surface area contributed by atoms with Crippen LogP contribution in [0.5, 0.6) is 0 Å². The Morgan fingerprint density at radius 2 is 1.56 bits per heavy atom. The van der Waals surface area contributed by atoms with Crippen molar-refractivity contribution < 1.29 is 28.3 Å². The van der Waals surface area contributed by atoms with Crippen LogP contribution in [0.15, 0.2) is 57.9 Å². The minimum absolute atomic E-state index is 0.0217. The smallest absolute Gasteiger partial charge is 0.374 e. The van der Waals surface area contributed by atoms with E-state index in [1.165, 1.54) is 45.2 Å². The monoisotopic (exact) mass is 462 g/mol. The number of ether oxygens (including phenoxy) is 1. The number of benzene rings is 1. The third-order valence-electron chi connectivity index (χ3n) is 4.31. The fourth-order valence-corrected chi connectivity index (χ4v) is 2.83. The van der Waals surface area contributed by atoms with Crippen molar-refractivity contribution in [3.8, 4) is 0 Å². The van der Waals surface area contributed by atoms with Crippen LogP contribution in [0.1, 0.15) is 53.0 Å². The maximum atomic E-state index is 12.4. The minimum atomic E-state index is -0.704. The molecule has 10 heteroatoms. The molecule has 0 atom stereocenters. The molecule has 0 saturated heterocycles. The summed E-state index contributed by atoms with van der Waals surface area (Å²) in [5.41, 5.74) is 1.70. The van der Waals surface area contributed by atoms with Crippen LogP contribution in [0.4, 0.5) is 17.3 Å². The Kier molecular flexibility index (Phi) is 7.65. The van der Waals surface area contributed by atoms with Crippen molar-refractivity contribution in [2.45, 2.75) is 27.4 Å². The number of hydrogen-bond acceptors (Lipinski definition) is 8. The molecule has 2 N–H and O–H groups in total. The Labute approximate surface area is 195 Å². The van der Waals surface area contributed by atoms with Crippen LogP contribution in [0.3, 0.4) is 0 Å². The highest BCUT2D eigenvalue weighted by atomic mass is 16.5. The van der Waals surface area contributed by atoms with Crippen molar-refractivity contribution >= 4 is 47.1 Å². The molecule has 1 aromatic carbocycles. The average molecular weight is 462 g/mol. The van der Waals surface area contributed by atoms with Crippen LogP contribution in [0.2, 0.25) is 0 Å². The molecule has 2 amide bonds. The molecular formula is C24H22N4O6. The molecule has 0 fully saturated rings. The number of ketones is 1. The number of furan rings is 1. The van der Waals surface area contributed by atoms with Crippen LogP contribution < -0.4 is 10.6 Å². The van der Waals surface area contributed by atoms with E-state index < -0.39 is 5.97 Å². The van der Waals surface area contributed by atoms with E-state index in [0.29, 0.717) is 22.6 Å². The Morgan fingerprint density at radius 1 is 0.941 bits per heavy atom. The number of hydrogen-bond donors (Lipinski definition) is 2. The number of anilines is 2. The van der Waals surface area contributed by atoms with Gasteiger partial charge in [0.2, 0.25) is 17.6 Å². The summed E-state index contributed by atoms with van der Waals surface area (Å²) in [6.07, 6.45) is 1.45. The van der Waals surface area contributed by atoms with E-state index in [1.807, 2.05) is 0 Å². The molecule has 0 aliphatic rings. The predicted octanol–water partition coefficient (Wildman–Crippen LogP) is 3.90. The zero-order chi connectivity index (χ0) is 24.7. The zero-order valence-electron chi connectivity index (χ0n) is 18.7. The van der Waals surface area contributed by atoms with E-state index in [4.69, 9.17) is 9.15 Å². The normalized spacial score (nSPS) is 10.7. The minimum Gasteiger partial charge on any atom is -0.455 e. The predicted molar refractivity (Wildman–Crippen MR) is 124 cm³/mol. The molecule has 0 aliphatic carbocycles. The van der Waals surface area contributed by atoms with Gasteiger partial charge in [-0.25, -0.2) is 9.78 Å². The second kappa shape index (κ2) is 10.8. The largest absolute Gasteiger partial charge is 0.455 e. The molecule has 3 aromatic rings. The highest BCUT2D eigenvalue weighted by molar-refractivity contribution is 5.94. The molecule has 0 saturated carbocycles. The lowest BCUT2D eigenvalue weighted by Gasteiger charge is -2.09. The number of pyridine rings is 1. The lowest BCUT2D eigenvalue weighted by Crippen LogP contribution is -2.13. The number of aliphatic imine (C=N–C) groups is 1. The van der Waals surface area contributed by atoms with Gasteiger partial charge >= 0.3 is 5.97 Å². The highest BCUT2D eigenvalue weighted by Gasteiger charge is 2.14. The Bertz CT molecular complexity index is 1230. The average Bonchev–Trinajstić information content (AvgIpc) is 3.24. The van der Waals surface area contributed by atoms with E-state index >= 15 is 0 Å². The summed E-state index contributed by atoms with van der Waals surface area (Å²) in [6.45, 7) is 3.99. The van der Waals surface area contributed by atoms with Crippen LogP contribution in [0.25, 0.3) is 0 Å². The first-order valence-electron chi connectivity index (χ1n) is 10.2. The molecule has 0 bridgehead atoms. The third kappa shape index (κ3) is 6.95. The van der Waals surface area contributed by atoms with Gasteiger partial charge in [0.05, 0.1) is 11.9 Å². The third-order valence-corrected chi connectivity index (χ3v) is 4.31. The maximum absolute atomic E-state index is 12.4. The number of carbonyl (C=O) groups excluding carboxylic acids is 4. The fourth-order valence-electron chi connectivity index (χ4n) is 2.83. The van der Waals surface area contributed by atoms with E-state index in [-0.39, 0.29) is 41.6 Å². The maximum Gasteiger partial charge on any atom is 0.374 e. The molecule has 2 heterocycles. The van der Waals surface area contributed by atoms with Crippen LogP contribution in [-0.4, -0.2) is 34.8 Å². The number of carbonyl (C=O) groups is 4. The van der Waals surface area contributed by atoms with Crippen molar-refractivity contribution in [3.05, 3.63) is 71.2 Å². The number of aromatic nitrogens is 1. The van der Waals surface area contributed by atoms with Crippen LogP contribution in [-0.2, 0) is 20.9 Å². The van der Waals surface area contributed by atoms with Gasteiger partial charge in [0.25, 0.3) is 0 Å². The summed E-state index contributed by atoms with van der Waals surface area (Å²) in [5, 5.41) is 5.05. The van der Waals surface area contributed by atoms with Crippen LogP contribution >= 0.6 is 0 Å². The SMILES string of the molecule is CC(=O)Nc1cc(COC(=O)c2ccc(/C=N/c3ccc(C(C)=O)cc3)o2)cc(NC(C)=O)n1. The summed E-state index contributed by atoms with van der Waals surface area (Å²) in [4.78, 5) is 54.7. The van der Waals surface area contributed by atoms with Gasteiger partial charge in [-0.2, -0.15) is 0 Å². The molecule has 0 spiro atoms. The number of nitrogens with one attached hydrogen (secondary N) is 2. The number of amides is 2. The Hall–Kier alpha value is -4.60. The molecule has 0 unspecified atom stereocenters. The van der Waals surface area contributed by atoms with Crippen molar-refractivity contribution in [2.75, 3.05) is 10.6 Å². The van der Waals surface area contributed by atoms with E-state index in [2.05, 4.69) is 20.6 Å². The first-order chi connectivity index (χ1) is 16.2. The second-order valence-electron chi connectivity index (χ2n) is 7.25. The lowest BCUT2D eigenvalue weighted by molar-refractivity contribution is -0.115. The molecule has 10 nitrogen and oxygen atoms in total. The fraction of sp³-hybridized carbons (Fsp3) is 0.167. The van der Waals surface area contributed by atoms with Gasteiger partial charge in [-0.1, -0.05) is 0 Å². The standard InChI is InChI=1S/C24H22N4O6/c1-14(29)18-4-6-19(7-5-18)25-12-20-8-9-21(34-20)24(32)33-13-17-10-22(26-15(2)30)28-23(11-17)27-16(3)31/h4-12H,13H2,1-3H3,(H2,26,27,28,30,31)/b25-12+. The Morgan fingerprint density at radius 3 is 2.12 bits per heavy atom. The summed E-state index contributed by atoms with van der Waals surface area (Å²) in [6, 6.07) is 12.8. The van der Waals surface area contributed by atoms with Crippen molar-refractivity contribution in [1.29, 1.82) is 0 Å². The Balaban J connectivity index is 1.64. The van der Waals surface area contributed by atoms with Gasteiger partial charge in [-0.3, -0.25) is 19.4 Å². The topological polar surface area (TPSA) is 140 Å².